The van der Waals surface area contributed by atoms with E-state index in [0.29, 0.717) is 24.1 Å². The van der Waals surface area contributed by atoms with Crippen molar-refractivity contribution in [1.82, 2.24) is 4.31 Å². The van der Waals surface area contributed by atoms with E-state index in [1.165, 1.54) is 30.3 Å². The molecule has 10 heteroatoms. The smallest absolute Gasteiger partial charge is 0.265 e. The van der Waals surface area contributed by atoms with Crippen molar-refractivity contribution in [2.75, 3.05) is 17.2 Å². The van der Waals surface area contributed by atoms with E-state index in [1.807, 2.05) is 0 Å². The number of amides is 2. The quantitative estimate of drug-likeness (QED) is 0.750. The summed E-state index contributed by atoms with van der Waals surface area (Å²) in [5, 5.41) is 5.17. The zero-order chi connectivity index (χ0) is 22.3. The summed E-state index contributed by atoms with van der Waals surface area (Å²) in [7, 11) is -4.04. The minimum atomic E-state index is -4.04. The molecule has 0 spiro atoms. The summed E-state index contributed by atoms with van der Waals surface area (Å²) < 4.78 is 47.5. The first-order valence-corrected chi connectivity index (χ1v) is 11.3. The number of rotatable bonds is 4. The first-order valence-electron chi connectivity index (χ1n) is 9.88. The number of fused-ring (bicyclic) bond motifs is 1. The van der Waals surface area contributed by atoms with Gasteiger partial charge in [0, 0.05) is 12.6 Å². The van der Waals surface area contributed by atoms with E-state index in [0.717, 1.165) is 4.31 Å². The Hall–Kier alpha value is -2.98. The van der Waals surface area contributed by atoms with Crippen LogP contribution in [0.25, 0.3) is 0 Å². The van der Waals surface area contributed by atoms with Crippen molar-refractivity contribution in [2.24, 2.45) is 0 Å². The van der Waals surface area contributed by atoms with Gasteiger partial charge in [0.25, 0.3) is 5.91 Å². The summed E-state index contributed by atoms with van der Waals surface area (Å²) in [5.41, 5.74) is 0.812. The molecule has 164 valence electrons. The minimum absolute atomic E-state index is 0.000150. The van der Waals surface area contributed by atoms with Gasteiger partial charge in [0.05, 0.1) is 16.3 Å². The number of carbonyl (C=O) groups is 2. The molecule has 1 fully saturated rings. The maximum Gasteiger partial charge on any atom is 0.265 e. The van der Waals surface area contributed by atoms with Gasteiger partial charge in [-0.2, -0.15) is 4.31 Å². The number of nitrogens with one attached hydrogen (secondary N) is 2. The van der Waals surface area contributed by atoms with Gasteiger partial charge in [0.2, 0.25) is 15.9 Å². The standard InChI is InChI=1S/C21H22FN3O5S/c1-12-10-16-18(30-13(2)20(26)24-16)11-19(12)31(28,29)25-9-5-8-17(25)21(27)23-15-7-4-3-6-14(15)22/h3-4,6-7,10-11,13,17H,5,8-9H2,1-2H3,(H,23,27)(H,24,26)/t13-,17+/m0/s1. The highest BCUT2D eigenvalue weighted by Crippen LogP contribution is 2.37. The maximum atomic E-state index is 13.9. The van der Waals surface area contributed by atoms with Crippen LogP contribution in [0.4, 0.5) is 15.8 Å². The van der Waals surface area contributed by atoms with Crippen LogP contribution < -0.4 is 15.4 Å². The summed E-state index contributed by atoms with van der Waals surface area (Å²) in [6.45, 7) is 3.35. The second-order valence-electron chi connectivity index (χ2n) is 7.61. The van der Waals surface area contributed by atoms with E-state index < -0.39 is 33.9 Å². The zero-order valence-electron chi connectivity index (χ0n) is 17.0. The maximum absolute atomic E-state index is 13.9. The Bertz CT molecular complexity index is 1170. The van der Waals surface area contributed by atoms with Crippen LogP contribution in [0.3, 0.4) is 0 Å². The molecule has 0 unspecified atom stereocenters. The minimum Gasteiger partial charge on any atom is -0.479 e. The van der Waals surface area contributed by atoms with E-state index in [2.05, 4.69) is 10.6 Å². The highest BCUT2D eigenvalue weighted by Gasteiger charge is 2.41. The number of aryl methyl sites for hydroxylation is 1. The van der Waals surface area contributed by atoms with Crippen LogP contribution >= 0.6 is 0 Å². The summed E-state index contributed by atoms with van der Waals surface area (Å²) >= 11 is 0. The molecule has 2 atom stereocenters. The third-order valence-electron chi connectivity index (χ3n) is 5.43. The molecule has 2 heterocycles. The molecule has 0 aliphatic carbocycles. The third kappa shape index (κ3) is 3.88. The van der Waals surface area contributed by atoms with Crippen molar-refractivity contribution in [3.05, 3.63) is 47.8 Å². The van der Waals surface area contributed by atoms with E-state index >= 15 is 0 Å². The summed E-state index contributed by atoms with van der Waals surface area (Å²) in [6.07, 6.45) is 0.0757. The summed E-state index contributed by atoms with van der Waals surface area (Å²) in [5.74, 6) is -1.24. The molecule has 2 aliphatic rings. The second kappa shape index (κ2) is 7.93. The van der Waals surface area contributed by atoms with Crippen molar-refractivity contribution >= 4 is 33.2 Å². The predicted molar refractivity (Wildman–Crippen MR) is 112 cm³/mol. The highest BCUT2D eigenvalue weighted by molar-refractivity contribution is 7.89. The molecule has 2 amide bonds. The first kappa shape index (κ1) is 21.3. The van der Waals surface area contributed by atoms with Crippen molar-refractivity contribution in [1.29, 1.82) is 0 Å². The van der Waals surface area contributed by atoms with Crippen LogP contribution in [0, 0.1) is 12.7 Å². The Morgan fingerprint density at radius 2 is 2.03 bits per heavy atom. The van der Waals surface area contributed by atoms with E-state index in [1.54, 1.807) is 19.9 Å². The number of halogens is 1. The molecule has 8 nitrogen and oxygen atoms in total. The molecular formula is C21H22FN3O5S. The monoisotopic (exact) mass is 447 g/mol. The lowest BCUT2D eigenvalue weighted by atomic mass is 10.1. The van der Waals surface area contributed by atoms with Gasteiger partial charge in [-0.1, -0.05) is 12.1 Å². The topological polar surface area (TPSA) is 105 Å². The van der Waals surface area contributed by atoms with Crippen LogP contribution in [0.2, 0.25) is 0 Å². The molecule has 1 saturated heterocycles. The van der Waals surface area contributed by atoms with Crippen molar-refractivity contribution < 1.29 is 27.1 Å². The highest BCUT2D eigenvalue weighted by atomic mass is 32.2. The molecule has 0 saturated carbocycles. The lowest BCUT2D eigenvalue weighted by molar-refractivity contribution is -0.122. The van der Waals surface area contributed by atoms with E-state index in [4.69, 9.17) is 4.74 Å². The molecule has 2 aromatic rings. The lowest BCUT2D eigenvalue weighted by Gasteiger charge is -2.27. The number of hydrogen-bond donors (Lipinski definition) is 2. The number of nitrogens with zero attached hydrogens (tertiary/aromatic N) is 1. The molecular weight excluding hydrogens is 425 g/mol. The van der Waals surface area contributed by atoms with Crippen molar-refractivity contribution in [3.8, 4) is 5.75 Å². The number of carbonyl (C=O) groups excluding carboxylic acids is 2. The molecule has 2 aromatic carbocycles. The Labute approximate surface area is 179 Å². The van der Waals surface area contributed by atoms with Gasteiger partial charge in [-0.3, -0.25) is 9.59 Å². The molecule has 0 radical (unpaired) electrons. The Morgan fingerprint density at radius 3 is 2.77 bits per heavy atom. The molecule has 0 aromatic heterocycles. The number of ether oxygens (including phenoxy) is 1. The fourth-order valence-corrected chi connectivity index (χ4v) is 5.70. The number of para-hydroxylation sites is 1. The predicted octanol–water partition coefficient (Wildman–Crippen LogP) is 2.65. The van der Waals surface area contributed by atoms with Crippen molar-refractivity contribution in [3.63, 3.8) is 0 Å². The van der Waals surface area contributed by atoms with Gasteiger partial charge in [0.15, 0.2) is 6.10 Å². The average Bonchev–Trinajstić information content (AvgIpc) is 3.21. The van der Waals surface area contributed by atoms with Gasteiger partial charge < -0.3 is 15.4 Å². The van der Waals surface area contributed by atoms with Gasteiger partial charge >= 0.3 is 0 Å². The Kier molecular flexibility index (Phi) is 5.44. The van der Waals surface area contributed by atoms with Crippen molar-refractivity contribution in [2.45, 2.75) is 43.7 Å². The number of hydrogen-bond acceptors (Lipinski definition) is 5. The van der Waals surface area contributed by atoms with E-state index in [9.17, 15) is 22.4 Å². The molecule has 31 heavy (non-hydrogen) atoms. The van der Waals surface area contributed by atoms with Gasteiger partial charge in [-0.05, 0) is 50.5 Å². The summed E-state index contributed by atoms with van der Waals surface area (Å²) in [6, 6.07) is 7.67. The number of anilines is 2. The largest absolute Gasteiger partial charge is 0.479 e. The number of sulfonamides is 1. The fourth-order valence-electron chi connectivity index (χ4n) is 3.82. The summed E-state index contributed by atoms with van der Waals surface area (Å²) in [4.78, 5) is 24.6. The third-order valence-corrected chi connectivity index (χ3v) is 7.48. The van der Waals surface area contributed by atoms with Crippen LogP contribution in [0.15, 0.2) is 41.3 Å². The Balaban J connectivity index is 1.64. The van der Waals surface area contributed by atoms with Crippen LogP contribution in [-0.4, -0.2) is 43.2 Å². The van der Waals surface area contributed by atoms with Gasteiger partial charge in [-0.15, -0.1) is 0 Å². The molecule has 4 rings (SSSR count). The number of benzene rings is 2. The SMILES string of the molecule is Cc1cc2c(cc1S(=O)(=O)N1CCC[C@@H]1C(=O)Nc1ccccc1F)O[C@@H](C)C(=O)N2. The van der Waals surface area contributed by atoms with Crippen LogP contribution in [0.5, 0.6) is 5.75 Å². The Morgan fingerprint density at radius 1 is 1.29 bits per heavy atom. The lowest BCUT2D eigenvalue weighted by Crippen LogP contribution is -2.43. The normalized spacial score (nSPS) is 21.2. The van der Waals surface area contributed by atoms with Gasteiger partial charge in [-0.25, -0.2) is 12.8 Å². The molecule has 2 aliphatic heterocycles. The van der Waals surface area contributed by atoms with Crippen LogP contribution in [0.1, 0.15) is 25.3 Å². The second-order valence-corrected chi connectivity index (χ2v) is 9.47. The fraction of sp³-hybridized carbons (Fsp3) is 0.333. The van der Waals surface area contributed by atoms with Gasteiger partial charge in [0.1, 0.15) is 17.6 Å². The van der Waals surface area contributed by atoms with E-state index in [-0.39, 0.29) is 28.8 Å². The molecule has 2 N–H and O–H groups in total. The molecule has 0 bridgehead atoms. The average molecular weight is 447 g/mol. The van der Waals surface area contributed by atoms with Crippen LogP contribution in [-0.2, 0) is 19.6 Å². The first-order chi connectivity index (χ1) is 14.7. The zero-order valence-corrected chi connectivity index (χ0v) is 17.8.